The summed E-state index contributed by atoms with van der Waals surface area (Å²) in [6.07, 6.45) is 1.09. The van der Waals surface area contributed by atoms with E-state index < -0.39 is 0 Å². The van der Waals surface area contributed by atoms with Crippen LogP contribution in [0.15, 0.2) is 18.2 Å². The molecule has 0 saturated carbocycles. The standard InChI is InChI=1S/C16H26N2O2/c1-4-14-11-20-8-7-18(14)15(10-17)13-5-6-16(19-3)12(2)9-13/h5-6,9,14-15H,4,7-8,10-11,17H2,1-3H3. The van der Waals surface area contributed by atoms with E-state index in [0.717, 1.165) is 37.5 Å². The number of aryl methyl sites for hydroxylation is 1. The Balaban J connectivity index is 2.24. The van der Waals surface area contributed by atoms with E-state index in [1.54, 1.807) is 7.11 Å². The molecule has 4 heteroatoms. The van der Waals surface area contributed by atoms with Gasteiger partial charge in [0.25, 0.3) is 0 Å². The van der Waals surface area contributed by atoms with E-state index in [9.17, 15) is 0 Å². The fourth-order valence-corrected chi connectivity index (χ4v) is 3.00. The zero-order valence-corrected chi connectivity index (χ0v) is 12.8. The summed E-state index contributed by atoms with van der Waals surface area (Å²) >= 11 is 0. The molecule has 2 unspecified atom stereocenters. The number of benzene rings is 1. The molecular formula is C16H26N2O2. The molecular weight excluding hydrogens is 252 g/mol. The van der Waals surface area contributed by atoms with Gasteiger partial charge in [-0.15, -0.1) is 0 Å². The fourth-order valence-electron chi connectivity index (χ4n) is 3.00. The highest BCUT2D eigenvalue weighted by Crippen LogP contribution is 2.28. The van der Waals surface area contributed by atoms with Crippen molar-refractivity contribution in [1.29, 1.82) is 0 Å². The van der Waals surface area contributed by atoms with Crippen LogP contribution in [0.4, 0.5) is 0 Å². The Morgan fingerprint density at radius 3 is 2.90 bits per heavy atom. The Labute approximate surface area is 121 Å². The molecule has 0 spiro atoms. The Kier molecular flexibility index (Phi) is 5.40. The maximum absolute atomic E-state index is 6.06. The highest BCUT2D eigenvalue weighted by molar-refractivity contribution is 5.37. The first kappa shape index (κ1) is 15.3. The number of ether oxygens (including phenoxy) is 2. The van der Waals surface area contributed by atoms with E-state index in [2.05, 4.69) is 30.9 Å². The summed E-state index contributed by atoms with van der Waals surface area (Å²) in [4.78, 5) is 2.49. The van der Waals surface area contributed by atoms with Crippen molar-refractivity contribution in [3.63, 3.8) is 0 Å². The summed E-state index contributed by atoms with van der Waals surface area (Å²) in [5, 5.41) is 0. The molecule has 0 aromatic heterocycles. The lowest BCUT2D eigenvalue weighted by atomic mass is 9.99. The molecule has 2 rings (SSSR count). The lowest BCUT2D eigenvalue weighted by Crippen LogP contribution is -2.48. The maximum atomic E-state index is 6.06. The van der Waals surface area contributed by atoms with Gasteiger partial charge in [-0.1, -0.05) is 19.1 Å². The van der Waals surface area contributed by atoms with Gasteiger partial charge in [0.1, 0.15) is 5.75 Å². The van der Waals surface area contributed by atoms with Gasteiger partial charge in [0.2, 0.25) is 0 Å². The number of hydrogen-bond donors (Lipinski definition) is 1. The molecule has 1 saturated heterocycles. The number of morpholine rings is 1. The van der Waals surface area contributed by atoms with Crippen LogP contribution < -0.4 is 10.5 Å². The Bertz CT molecular complexity index is 436. The van der Waals surface area contributed by atoms with Gasteiger partial charge in [-0.2, -0.15) is 0 Å². The second kappa shape index (κ2) is 7.07. The molecule has 1 aromatic rings. The summed E-state index contributed by atoms with van der Waals surface area (Å²) in [6.45, 7) is 7.46. The van der Waals surface area contributed by atoms with Gasteiger partial charge in [-0.25, -0.2) is 0 Å². The molecule has 1 heterocycles. The van der Waals surface area contributed by atoms with Crippen molar-refractivity contribution in [2.45, 2.75) is 32.4 Å². The van der Waals surface area contributed by atoms with E-state index in [1.807, 2.05) is 6.07 Å². The SMILES string of the molecule is CCC1COCCN1C(CN)c1ccc(OC)c(C)c1. The first-order chi connectivity index (χ1) is 9.71. The third-order valence-corrected chi connectivity index (χ3v) is 4.17. The van der Waals surface area contributed by atoms with Crippen molar-refractivity contribution in [2.24, 2.45) is 5.73 Å². The Hall–Kier alpha value is -1.10. The topological polar surface area (TPSA) is 47.7 Å². The summed E-state index contributed by atoms with van der Waals surface area (Å²) in [6, 6.07) is 7.08. The number of hydrogen-bond acceptors (Lipinski definition) is 4. The summed E-state index contributed by atoms with van der Waals surface area (Å²) in [5.74, 6) is 0.929. The average molecular weight is 278 g/mol. The van der Waals surface area contributed by atoms with Gasteiger partial charge in [0.05, 0.1) is 20.3 Å². The number of nitrogens with zero attached hydrogens (tertiary/aromatic N) is 1. The Morgan fingerprint density at radius 1 is 1.50 bits per heavy atom. The monoisotopic (exact) mass is 278 g/mol. The van der Waals surface area contributed by atoms with E-state index in [4.69, 9.17) is 15.2 Å². The van der Waals surface area contributed by atoms with Crippen LogP contribution >= 0.6 is 0 Å². The quantitative estimate of drug-likeness (QED) is 0.896. The maximum Gasteiger partial charge on any atom is 0.121 e. The lowest BCUT2D eigenvalue weighted by molar-refractivity contribution is -0.0291. The van der Waals surface area contributed by atoms with Crippen LogP contribution in [0, 0.1) is 6.92 Å². The molecule has 4 nitrogen and oxygen atoms in total. The van der Waals surface area contributed by atoms with Gasteiger partial charge in [-0.05, 0) is 30.5 Å². The van der Waals surface area contributed by atoms with E-state index >= 15 is 0 Å². The largest absolute Gasteiger partial charge is 0.496 e. The highest BCUT2D eigenvalue weighted by atomic mass is 16.5. The van der Waals surface area contributed by atoms with E-state index in [0.29, 0.717) is 12.6 Å². The normalized spacial score (nSPS) is 21.7. The molecule has 20 heavy (non-hydrogen) atoms. The van der Waals surface area contributed by atoms with Gasteiger partial charge in [0.15, 0.2) is 0 Å². The number of methoxy groups -OCH3 is 1. The molecule has 0 bridgehead atoms. The zero-order chi connectivity index (χ0) is 14.5. The van der Waals surface area contributed by atoms with Crippen molar-refractivity contribution < 1.29 is 9.47 Å². The van der Waals surface area contributed by atoms with Crippen molar-refractivity contribution >= 4 is 0 Å². The molecule has 0 amide bonds. The van der Waals surface area contributed by atoms with E-state index in [-0.39, 0.29) is 6.04 Å². The smallest absolute Gasteiger partial charge is 0.121 e. The summed E-state index contributed by atoms with van der Waals surface area (Å²) in [7, 11) is 1.71. The van der Waals surface area contributed by atoms with Crippen LogP contribution in [0.3, 0.4) is 0 Å². The molecule has 0 radical (unpaired) electrons. The minimum absolute atomic E-state index is 0.258. The molecule has 1 aromatic carbocycles. The highest BCUT2D eigenvalue weighted by Gasteiger charge is 2.28. The molecule has 1 fully saturated rings. The summed E-state index contributed by atoms with van der Waals surface area (Å²) < 4.78 is 10.9. The van der Waals surface area contributed by atoms with Crippen molar-refractivity contribution in [3.8, 4) is 5.75 Å². The third kappa shape index (κ3) is 3.14. The molecule has 1 aliphatic rings. The Morgan fingerprint density at radius 2 is 2.30 bits per heavy atom. The predicted octanol–water partition coefficient (Wildman–Crippen LogP) is 2.11. The van der Waals surface area contributed by atoms with Gasteiger partial charge >= 0.3 is 0 Å². The molecule has 112 valence electrons. The minimum Gasteiger partial charge on any atom is -0.496 e. The van der Waals surface area contributed by atoms with Crippen molar-refractivity contribution in [1.82, 2.24) is 4.90 Å². The fraction of sp³-hybridized carbons (Fsp3) is 0.625. The van der Waals surface area contributed by atoms with Gasteiger partial charge in [-0.3, -0.25) is 4.90 Å². The molecule has 2 atom stereocenters. The van der Waals surface area contributed by atoms with Crippen LogP contribution in [-0.4, -0.2) is 44.4 Å². The van der Waals surface area contributed by atoms with Crippen LogP contribution in [0.5, 0.6) is 5.75 Å². The van der Waals surface area contributed by atoms with Crippen molar-refractivity contribution in [3.05, 3.63) is 29.3 Å². The second-order valence-electron chi connectivity index (χ2n) is 5.36. The minimum atomic E-state index is 0.258. The molecule has 1 aliphatic heterocycles. The first-order valence-electron chi connectivity index (χ1n) is 7.39. The third-order valence-electron chi connectivity index (χ3n) is 4.17. The van der Waals surface area contributed by atoms with Crippen LogP contribution in [0.25, 0.3) is 0 Å². The van der Waals surface area contributed by atoms with Gasteiger partial charge < -0.3 is 15.2 Å². The number of nitrogens with two attached hydrogens (primary N) is 1. The predicted molar refractivity (Wildman–Crippen MR) is 81.1 cm³/mol. The lowest BCUT2D eigenvalue weighted by Gasteiger charge is -2.40. The van der Waals surface area contributed by atoms with Gasteiger partial charge in [0, 0.05) is 25.2 Å². The first-order valence-corrected chi connectivity index (χ1v) is 7.39. The zero-order valence-electron chi connectivity index (χ0n) is 12.8. The van der Waals surface area contributed by atoms with E-state index in [1.165, 1.54) is 5.56 Å². The van der Waals surface area contributed by atoms with Crippen LogP contribution in [0.2, 0.25) is 0 Å². The van der Waals surface area contributed by atoms with Crippen LogP contribution in [-0.2, 0) is 4.74 Å². The second-order valence-corrected chi connectivity index (χ2v) is 5.36. The number of rotatable bonds is 5. The van der Waals surface area contributed by atoms with Crippen LogP contribution in [0.1, 0.15) is 30.5 Å². The summed E-state index contributed by atoms with van der Waals surface area (Å²) in [5.41, 5.74) is 8.49. The molecule has 2 N–H and O–H groups in total. The molecule has 0 aliphatic carbocycles. The average Bonchev–Trinajstić information content (AvgIpc) is 2.49. The van der Waals surface area contributed by atoms with Crippen molar-refractivity contribution in [2.75, 3.05) is 33.4 Å².